The molecule has 1 fully saturated rings. The first-order valence-electron chi connectivity index (χ1n) is 8.23. The van der Waals surface area contributed by atoms with Crippen molar-refractivity contribution in [2.24, 2.45) is 0 Å². The zero-order valence-corrected chi connectivity index (χ0v) is 14.0. The van der Waals surface area contributed by atoms with Crippen LogP contribution in [0.4, 0.5) is 19.3 Å². The molecule has 0 aliphatic carbocycles. The van der Waals surface area contributed by atoms with Gasteiger partial charge in [0.2, 0.25) is 0 Å². The maximum atomic E-state index is 14.2. The quantitative estimate of drug-likeness (QED) is 0.899. The lowest BCUT2D eigenvalue weighted by Gasteiger charge is -2.19. The summed E-state index contributed by atoms with van der Waals surface area (Å²) >= 11 is 0. The molecule has 6 heteroatoms. The molecule has 1 aliphatic heterocycles. The Kier molecular flexibility index (Phi) is 5.28. The molecule has 2 aromatic rings. The van der Waals surface area contributed by atoms with Crippen LogP contribution in [-0.4, -0.2) is 37.2 Å². The van der Waals surface area contributed by atoms with Crippen molar-refractivity contribution in [3.05, 3.63) is 54.1 Å². The highest BCUT2D eigenvalue weighted by Gasteiger charge is 2.23. The van der Waals surface area contributed by atoms with Crippen LogP contribution in [-0.2, 0) is 4.74 Å². The maximum Gasteiger partial charge on any atom is 0.411 e. The van der Waals surface area contributed by atoms with Crippen LogP contribution < -0.4 is 5.32 Å². The molecular weight excluding hydrogens is 326 g/mol. The first-order chi connectivity index (χ1) is 12.1. The van der Waals surface area contributed by atoms with E-state index in [1.54, 1.807) is 18.2 Å². The molecule has 0 spiro atoms. The molecule has 0 radical (unpaired) electrons. The van der Waals surface area contributed by atoms with Gasteiger partial charge in [0, 0.05) is 17.2 Å². The number of ether oxygens (including phenoxy) is 1. The third-order valence-corrected chi connectivity index (χ3v) is 4.48. The molecule has 0 unspecified atom stereocenters. The van der Waals surface area contributed by atoms with Crippen LogP contribution in [0.3, 0.4) is 0 Å². The van der Waals surface area contributed by atoms with Gasteiger partial charge in [0.25, 0.3) is 0 Å². The lowest BCUT2D eigenvalue weighted by molar-refractivity contribution is 0.127. The number of amides is 1. The first kappa shape index (κ1) is 17.4. The van der Waals surface area contributed by atoms with Crippen molar-refractivity contribution in [3.63, 3.8) is 0 Å². The van der Waals surface area contributed by atoms with Gasteiger partial charge in [-0.05, 0) is 38.6 Å². The lowest BCUT2D eigenvalue weighted by Crippen LogP contribution is -2.31. The Morgan fingerprint density at radius 3 is 2.60 bits per heavy atom. The van der Waals surface area contributed by atoms with E-state index >= 15 is 0 Å². The molecule has 1 aliphatic rings. The molecule has 25 heavy (non-hydrogen) atoms. The number of halogens is 2. The van der Waals surface area contributed by atoms with Gasteiger partial charge in [-0.3, -0.25) is 5.32 Å². The fraction of sp³-hybridized carbons (Fsp3) is 0.316. The summed E-state index contributed by atoms with van der Waals surface area (Å²) in [7, 11) is 1.98. The number of carbonyl (C=O) groups is 1. The molecular formula is C19H20F2N2O2. The largest absolute Gasteiger partial charge is 0.448 e. The van der Waals surface area contributed by atoms with E-state index in [0.717, 1.165) is 19.4 Å². The zero-order chi connectivity index (χ0) is 17.8. The van der Waals surface area contributed by atoms with Crippen molar-refractivity contribution in [2.45, 2.75) is 18.9 Å². The number of hydrogen-bond acceptors (Lipinski definition) is 3. The third kappa shape index (κ3) is 3.96. The highest BCUT2D eigenvalue weighted by atomic mass is 19.1. The molecule has 1 N–H and O–H groups in total. The van der Waals surface area contributed by atoms with Gasteiger partial charge in [-0.25, -0.2) is 13.6 Å². The Hall–Kier alpha value is -2.47. The smallest absolute Gasteiger partial charge is 0.411 e. The number of nitrogens with zero attached hydrogens (tertiary/aromatic N) is 1. The van der Waals surface area contributed by atoms with E-state index in [1.807, 2.05) is 7.05 Å². The van der Waals surface area contributed by atoms with E-state index in [2.05, 4.69) is 10.2 Å². The van der Waals surface area contributed by atoms with Crippen LogP contribution in [0.25, 0.3) is 11.1 Å². The van der Waals surface area contributed by atoms with Gasteiger partial charge in [-0.2, -0.15) is 0 Å². The summed E-state index contributed by atoms with van der Waals surface area (Å²) in [6, 6.07) is 10.5. The highest BCUT2D eigenvalue weighted by molar-refractivity contribution is 5.91. The van der Waals surface area contributed by atoms with E-state index in [1.165, 1.54) is 24.3 Å². The van der Waals surface area contributed by atoms with Gasteiger partial charge in [0.05, 0.1) is 5.69 Å². The van der Waals surface area contributed by atoms with Crippen molar-refractivity contribution < 1.29 is 18.3 Å². The minimum absolute atomic E-state index is 0.0858. The number of para-hydroxylation sites is 1. The SMILES string of the molecule is CN1CCC[C@H]1COC(=O)Nc1c(F)cccc1-c1ccccc1F. The third-order valence-electron chi connectivity index (χ3n) is 4.48. The summed E-state index contributed by atoms with van der Waals surface area (Å²) in [5.74, 6) is -1.13. The van der Waals surface area contributed by atoms with Crippen LogP contribution >= 0.6 is 0 Å². The average molecular weight is 346 g/mol. The van der Waals surface area contributed by atoms with Gasteiger partial charge in [0.1, 0.15) is 18.2 Å². The predicted molar refractivity (Wildman–Crippen MR) is 92.4 cm³/mol. The number of likely N-dealkylation sites (N-methyl/N-ethyl adjacent to an activating group) is 1. The van der Waals surface area contributed by atoms with E-state index in [4.69, 9.17) is 4.74 Å². The summed E-state index contributed by atoms with van der Waals surface area (Å²) < 4.78 is 33.5. The molecule has 0 aromatic heterocycles. The number of hydrogen-bond donors (Lipinski definition) is 1. The van der Waals surface area contributed by atoms with Crippen LogP contribution in [0.5, 0.6) is 0 Å². The maximum absolute atomic E-state index is 14.2. The van der Waals surface area contributed by atoms with E-state index in [0.29, 0.717) is 0 Å². The van der Waals surface area contributed by atoms with Crippen LogP contribution in [0.2, 0.25) is 0 Å². The Bertz CT molecular complexity index is 767. The molecule has 0 saturated carbocycles. The molecule has 0 bridgehead atoms. The van der Waals surface area contributed by atoms with E-state index < -0.39 is 17.7 Å². The van der Waals surface area contributed by atoms with Gasteiger partial charge >= 0.3 is 6.09 Å². The Morgan fingerprint density at radius 2 is 1.88 bits per heavy atom. The Labute approximate surface area is 145 Å². The molecule has 4 nitrogen and oxygen atoms in total. The summed E-state index contributed by atoms with van der Waals surface area (Å²) in [5, 5.41) is 2.42. The first-order valence-corrected chi connectivity index (χ1v) is 8.23. The minimum Gasteiger partial charge on any atom is -0.448 e. The molecule has 1 heterocycles. The highest BCUT2D eigenvalue weighted by Crippen LogP contribution is 2.32. The molecule has 1 saturated heterocycles. The van der Waals surface area contributed by atoms with Crippen molar-refractivity contribution in [2.75, 3.05) is 25.5 Å². The van der Waals surface area contributed by atoms with Crippen molar-refractivity contribution in [1.29, 1.82) is 0 Å². The second-order valence-electron chi connectivity index (χ2n) is 6.14. The summed E-state index contributed by atoms with van der Waals surface area (Å²) in [5.41, 5.74) is 0.401. The van der Waals surface area contributed by atoms with Gasteiger partial charge in [0.15, 0.2) is 0 Å². The van der Waals surface area contributed by atoms with Crippen LogP contribution in [0, 0.1) is 11.6 Å². The number of likely N-dealkylation sites (tertiary alicyclic amines) is 1. The van der Waals surface area contributed by atoms with Crippen molar-refractivity contribution in [1.82, 2.24) is 4.90 Å². The van der Waals surface area contributed by atoms with Crippen LogP contribution in [0.15, 0.2) is 42.5 Å². The van der Waals surface area contributed by atoms with Crippen LogP contribution in [0.1, 0.15) is 12.8 Å². The van der Waals surface area contributed by atoms with Crippen molar-refractivity contribution >= 4 is 11.8 Å². The topological polar surface area (TPSA) is 41.6 Å². The van der Waals surface area contributed by atoms with Crippen molar-refractivity contribution in [3.8, 4) is 11.1 Å². The predicted octanol–water partition coefficient (Wildman–Crippen LogP) is 4.27. The normalized spacial score (nSPS) is 17.5. The van der Waals surface area contributed by atoms with Gasteiger partial charge < -0.3 is 9.64 Å². The molecule has 1 amide bonds. The molecule has 2 aromatic carbocycles. The minimum atomic E-state index is -0.747. The average Bonchev–Trinajstić information content (AvgIpc) is 3.00. The lowest BCUT2D eigenvalue weighted by atomic mass is 10.0. The van der Waals surface area contributed by atoms with E-state index in [9.17, 15) is 13.6 Å². The second-order valence-corrected chi connectivity index (χ2v) is 6.14. The number of benzene rings is 2. The molecule has 132 valence electrons. The zero-order valence-electron chi connectivity index (χ0n) is 14.0. The summed E-state index contributed by atoms with van der Waals surface area (Å²) in [6.07, 6.45) is 1.28. The number of nitrogens with one attached hydrogen (secondary N) is 1. The fourth-order valence-electron chi connectivity index (χ4n) is 3.06. The van der Waals surface area contributed by atoms with Gasteiger partial charge in [-0.1, -0.05) is 30.3 Å². The number of rotatable bonds is 4. The monoisotopic (exact) mass is 346 g/mol. The summed E-state index contributed by atoms with van der Waals surface area (Å²) in [4.78, 5) is 14.2. The second kappa shape index (κ2) is 7.61. The molecule has 3 rings (SSSR count). The molecule has 1 atom stereocenters. The van der Waals surface area contributed by atoms with E-state index in [-0.39, 0.29) is 29.5 Å². The van der Waals surface area contributed by atoms with Gasteiger partial charge in [-0.15, -0.1) is 0 Å². The number of anilines is 1. The summed E-state index contributed by atoms with van der Waals surface area (Å²) in [6.45, 7) is 1.21. The number of carbonyl (C=O) groups excluding carboxylic acids is 1. The standard InChI is InChI=1S/C19H20F2N2O2/c1-23-11-5-6-13(23)12-25-19(24)22-18-15(8-4-10-17(18)21)14-7-2-3-9-16(14)20/h2-4,7-10,13H,5-6,11-12H2,1H3,(H,22,24)/t13-/m0/s1. The Balaban J connectivity index is 1.76. The fourth-order valence-corrected chi connectivity index (χ4v) is 3.06. The Morgan fingerprint density at radius 1 is 1.16 bits per heavy atom.